The van der Waals surface area contributed by atoms with Crippen LogP contribution in [0.1, 0.15) is 12.6 Å². The van der Waals surface area contributed by atoms with E-state index in [4.69, 9.17) is 14.9 Å². The Balaban J connectivity index is 2.15. The molecule has 2 rings (SSSR count). The number of oxazole rings is 1. The lowest BCUT2D eigenvalue weighted by Crippen LogP contribution is -2.34. The summed E-state index contributed by atoms with van der Waals surface area (Å²) in [6, 6.07) is 8.84. The monoisotopic (exact) mass is 260 g/mol. The lowest BCUT2D eigenvalue weighted by Gasteiger charge is -2.09. The fourth-order valence-corrected chi connectivity index (χ4v) is 1.78. The molecule has 5 nitrogen and oxygen atoms in total. The van der Waals surface area contributed by atoms with Crippen molar-refractivity contribution in [3.8, 4) is 11.3 Å². The second-order valence-electron chi connectivity index (χ2n) is 4.06. The Kier molecular flexibility index (Phi) is 4.30. The van der Waals surface area contributed by atoms with Crippen molar-refractivity contribution < 1.29 is 13.9 Å². The number of hydrogen-bond donors (Lipinski definition) is 1. The highest BCUT2D eigenvalue weighted by Gasteiger charge is 2.20. The highest BCUT2D eigenvalue weighted by molar-refractivity contribution is 5.76. The number of rotatable bonds is 5. The Morgan fingerprint density at radius 1 is 1.42 bits per heavy atom. The zero-order valence-corrected chi connectivity index (χ0v) is 10.7. The topological polar surface area (TPSA) is 78.4 Å². The molecule has 1 heterocycles. The smallest absolute Gasteiger partial charge is 0.323 e. The van der Waals surface area contributed by atoms with Crippen molar-refractivity contribution in [2.75, 3.05) is 6.61 Å². The molecular weight excluding hydrogens is 244 g/mol. The largest absolute Gasteiger partial charge is 0.465 e. The van der Waals surface area contributed by atoms with E-state index in [0.717, 1.165) is 5.56 Å². The first-order valence-corrected chi connectivity index (χ1v) is 6.12. The first-order chi connectivity index (χ1) is 9.22. The quantitative estimate of drug-likeness (QED) is 0.829. The van der Waals surface area contributed by atoms with E-state index in [1.807, 2.05) is 30.3 Å². The maximum absolute atomic E-state index is 11.5. The number of aromatic nitrogens is 1. The van der Waals surface area contributed by atoms with Crippen LogP contribution in [0.25, 0.3) is 11.3 Å². The van der Waals surface area contributed by atoms with Gasteiger partial charge < -0.3 is 14.9 Å². The van der Waals surface area contributed by atoms with Gasteiger partial charge in [0.1, 0.15) is 6.04 Å². The molecule has 0 aliphatic rings. The van der Waals surface area contributed by atoms with Crippen LogP contribution in [0.3, 0.4) is 0 Å². The molecule has 0 aliphatic carbocycles. The van der Waals surface area contributed by atoms with Crippen LogP contribution >= 0.6 is 0 Å². The van der Waals surface area contributed by atoms with Gasteiger partial charge in [-0.3, -0.25) is 4.79 Å². The predicted molar refractivity (Wildman–Crippen MR) is 70.3 cm³/mol. The van der Waals surface area contributed by atoms with Gasteiger partial charge in [0.15, 0.2) is 12.2 Å². The van der Waals surface area contributed by atoms with Crippen molar-refractivity contribution in [3.63, 3.8) is 0 Å². The van der Waals surface area contributed by atoms with Crippen molar-refractivity contribution in [2.45, 2.75) is 19.4 Å². The molecule has 0 aliphatic heterocycles. The van der Waals surface area contributed by atoms with E-state index in [2.05, 4.69) is 4.98 Å². The van der Waals surface area contributed by atoms with Crippen LogP contribution in [0.2, 0.25) is 0 Å². The van der Waals surface area contributed by atoms with Gasteiger partial charge in [-0.05, 0) is 6.92 Å². The summed E-state index contributed by atoms with van der Waals surface area (Å²) in [5, 5.41) is 0. The first kappa shape index (κ1) is 13.3. The Bertz CT molecular complexity index is 537. The number of nitrogens with two attached hydrogens (primary N) is 1. The summed E-state index contributed by atoms with van der Waals surface area (Å²) in [4.78, 5) is 15.6. The third kappa shape index (κ3) is 3.20. The van der Waals surface area contributed by atoms with Gasteiger partial charge in [-0.2, -0.15) is 0 Å². The summed E-state index contributed by atoms with van der Waals surface area (Å²) in [6.07, 6.45) is 1.65. The minimum absolute atomic E-state index is 0.291. The zero-order chi connectivity index (χ0) is 13.7. The number of carbonyl (C=O) groups is 1. The third-order valence-electron chi connectivity index (χ3n) is 2.68. The van der Waals surface area contributed by atoms with Crippen LogP contribution in [0.4, 0.5) is 0 Å². The second-order valence-corrected chi connectivity index (χ2v) is 4.06. The fourth-order valence-electron chi connectivity index (χ4n) is 1.78. The van der Waals surface area contributed by atoms with Crippen molar-refractivity contribution >= 4 is 5.97 Å². The average Bonchev–Trinajstić information content (AvgIpc) is 2.88. The number of benzene rings is 1. The van der Waals surface area contributed by atoms with Gasteiger partial charge in [0, 0.05) is 12.0 Å². The van der Waals surface area contributed by atoms with E-state index in [1.165, 1.54) is 6.39 Å². The van der Waals surface area contributed by atoms with Crippen molar-refractivity contribution in [1.29, 1.82) is 0 Å². The summed E-state index contributed by atoms with van der Waals surface area (Å²) in [5.41, 5.74) is 7.35. The van der Waals surface area contributed by atoms with Gasteiger partial charge in [-0.1, -0.05) is 30.3 Å². The van der Waals surface area contributed by atoms with Crippen molar-refractivity contribution in [3.05, 3.63) is 42.4 Å². The standard InChI is InChI=1S/C14H16N2O3/c1-2-18-14(17)11(15)8-12-13(19-9-16-12)10-6-4-3-5-7-10/h3-7,9,11H,2,8,15H2,1H3/t11-/m0/s1. The summed E-state index contributed by atoms with van der Waals surface area (Å²) in [5.74, 6) is 0.213. The van der Waals surface area contributed by atoms with Gasteiger partial charge in [-0.25, -0.2) is 4.98 Å². The zero-order valence-electron chi connectivity index (χ0n) is 10.7. The van der Waals surface area contributed by atoms with Gasteiger partial charge in [0.05, 0.1) is 12.3 Å². The van der Waals surface area contributed by atoms with E-state index in [0.29, 0.717) is 24.5 Å². The van der Waals surface area contributed by atoms with E-state index in [1.54, 1.807) is 6.92 Å². The van der Waals surface area contributed by atoms with E-state index >= 15 is 0 Å². The van der Waals surface area contributed by atoms with Crippen molar-refractivity contribution in [1.82, 2.24) is 4.98 Å². The fraction of sp³-hybridized carbons (Fsp3) is 0.286. The van der Waals surface area contributed by atoms with Gasteiger partial charge in [0.2, 0.25) is 0 Å². The molecular formula is C14H16N2O3. The maximum atomic E-state index is 11.5. The van der Waals surface area contributed by atoms with E-state index < -0.39 is 12.0 Å². The Hall–Kier alpha value is -2.14. The van der Waals surface area contributed by atoms with E-state index in [-0.39, 0.29) is 0 Å². The van der Waals surface area contributed by atoms with Gasteiger partial charge in [0.25, 0.3) is 0 Å². The van der Waals surface area contributed by atoms with E-state index in [9.17, 15) is 4.79 Å². The molecule has 100 valence electrons. The van der Waals surface area contributed by atoms with Crippen LogP contribution in [-0.2, 0) is 16.0 Å². The molecule has 0 amide bonds. The van der Waals surface area contributed by atoms with Crippen LogP contribution < -0.4 is 5.73 Å². The number of carbonyl (C=O) groups excluding carboxylic acids is 1. The predicted octanol–water partition coefficient (Wildman–Crippen LogP) is 1.77. The van der Waals surface area contributed by atoms with Crippen LogP contribution in [0.5, 0.6) is 0 Å². The average molecular weight is 260 g/mol. The molecule has 0 saturated heterocycles. The molecule has 1 atom stereocenters. The summed E-state index contributed by atoms with van der Waals surface area (Å²) < 4.78 is 10.2. The lowest BCUT2D eigenvalue weighted by atomic mass is 10.1. The Labute approximate surface area is 111 Å². The number of hydrogen-bond acceptors (Lipinski definition) is 5. The van der Waals surface area contributed by atoms with Crippen molar-refractivity contribution in [2.24, 2.45) is 5.73 Å². The molecule has 2 N–H and O–H groups in total. The highest BCUT2D eigenvalue weighted by atomic mass is 16.5. The number of ether oxygens (including phenoxy) is 1. The number of nitrogens with zero attached hydrogens (tertiary/aromatic N) is 1. The Morgan fingerprint density at radius 2 is 2.16 bits per heavy atom. The molecule has 0 fully saturated rings. The summed E-state index contributed by atoms with van der Waals surface area (Å²) in [6.45, 7) is 2.06. The molecule has 0 spiro atoms. The highest BCUT2D eigenvalue weighted by Crippen LogP contribution is 2.23. The van der Waals surface area contributed by atoms with Crippen LogP contribution in [-0.4, -0.2) is 23.6 Å². The molecule has 19 heavy (non-hydrogen) atoms. The Morgan fingerprint density at radius 3 is 2.84 bits per heavy atom. The second kappa shape index (κ2) is 6.15. The molecule has 0 bridgehead atoms. The first-order valence-electron chi connectivity index (χ1n) is 6.12. The number of esters is 1. The van der Waals surface area contributed by atoms with Gasteiger partial charge in [-0.15, -0.1) is 0 Å². The molecule has 1 aromatic heterocycles. The molecule has 0 saturated carbocycles. The molecule has 0 radical (unpaired) electrons. The molecule has 0 unspecified atom stereocenters. The van der Waals surface area contributed by atoms with Crippen LogP contribution in [0, 0.1) is 0 Å². The summed E-state index contributed by atoms with van der Waals surface area (Å²) >= 11 is 0. The molecule has 2 aromatic rings. The van der Waals surface area contributed by atoms with Crippen LogP contribution in [0.15, 0.2) is 41.1 Å². The third-order valence-corrected chi connectivity index (χ3v) is 2.68. The molecule has 5 heteroatoms. The SMILES string of the molecule is CCOC(=O)[C@@H](N)Cc1ncoc1-c1ccccc1. The minimum atomic E-state index is -0.729. The normalized spacial score (nSPS) is 12.1. The summed E-state index contributed by atoms with van der Waals surface area (Å²) in [7, 11) is 0. The van der Waals surface area contributed by atoms with Gasteiger partial charge >= 0.3 is 5.97 Å². The molecule has 1 aromatic carbocycles. The lowest BCUT2D eigenvalue weighted by molar-refractivity contribution is -0.144. The minimum Gasteiger partial charge on any atom is -0.465 e. The maximum Gasteiger partial charge on any atom is 0.323 e.